The SMILES string of the molecule is CCOC(=O)c1sc(Nc2ccccc2)c(C(=O)Nc2ccc(C)cc2)c1NC(C)=O. The summed E-state index contributed by atoms with van der Waals surface area (Å²) >= 11 is 1.05. The molecule has 8 heteroatoms. The molecule has 3 aromatic rings. The van der Waals surface area contributed by atoms with Crippen LogP contribution >= 0.6 is 11.3 Å². The molecule has 0 unspecified atom stereocenters. The summed E-state index contributed by atoms with van der Waals surface area (Å²) in [4.78, 5) is 37.8. The van der Waals surface area contributed by atoms with E-state index in [1.165, 1.54) is 6.92 Å². The van der Waals surface area contributed by atoms with Crippen LogP contribution in [0.3, 0.4) is 0 Å². The highest BCUT2D eigenvalue weighted by Gasteiger charge is 2.29. The minimum atomic E-state index is -0.609. The molecule has 31 heavy (non-hydrogen) atoms. The van der Waals surface area contributed by atoms with Crippen LogP contribution < -0.4 is 16.0 Å². The van der Waals surface area contributed by atoms with Crippen LogP contribution in [0.15, 0.2) is 54.6 Å². The number of hydrogen-bond acceptors (Lipinski definition) is 6. The predicted octanol–water partition coefficient (Wildman–Crippen LogP) is 5.19. The molecule has 7 nitrogen and oxygen atoms in total. The Morgan fingerprint density at radius 2 is 1.61 bits per heavy atom. The molecule has 0 aliphatic rings. The Hall–Kier alpha value is -3.65. The van der Waals surface area contributed by atoms with Gasteiger partial charge in [0, 0.05) is 18.3 Å². The lowest BCUT2D eigenvalue weighted by Crippen LogP contribution is -2.18. The molecule has 2 amide bonds. The molecular formula is C23H23N3O4S. The highest BCUT2D eigenvalue weighted by molar-refractivity contribution is 7.19. The van der Waals surface area contributed by atoms with Crippen LogP contribution in [-0.4, -0.2) is 24.4 Å². The summed E-state index contributed by atoms with van der Waals surface area (Å²) in [6, 6.07) is 16.6. The lowest BCUT2D eigenvalue weighted by atomic mass is 10.1. The van der Waals surface area contributed by atoms with Crippen molar-refractivity contribution in [3.8, 4) is 0 Å². The third kappa shape index (κ3) is 5.49. The van der Waals surface area contributed by atoms with Gasteiger partial charge in [0.05, 0.1) is 17.9 Å². The monoisotopic (exact) mass is 437 g/mol. The number of thiophene rings is 1. The van der Waals surface area contributed by atoms with Crippen LogP contribution in [0.4, 0.5) is 22.1 Å². The van der Waals surface area contributed by atoms with Gasteiger partial charge in [-0.1, -0.05) is 35.9 Å². The molecule has 0 atom stereocenters. The second-order valence-electron chi connectivity index (χ2n) is 6.72. The molecule has 0 saturated heterocycles. The van der Waals surface area contributed by atoms with Crippen LogP contribution in [-0.2, 0) is 9.53 Å². The number of rotatable bonds is 7. The summed E-state index contributed by atoms with van der Waals surface area (Å²) in [5.74, 6) is -1.47. The van der Waals surface area contributed by atoms with Gasteiger partial charge in [-0.25, -0.2) is 4.79 Å². The van der Waals surface area contributed by atoms with E-state index in [0.29, 0.717) is 10.7 Å². The van der Waals surface area contributed by atoms with Gasteiger partial charge in [0.1, 0.15) is 9.88 Å². The van der Waals surface area contributed by atoms with Gasteiger partial charge >= 0.3 is 5.97 Å². The highest BCUT2D eigenvalue weighted by atomic mass is 32.1. The van der Waals surface area contributed by atoms with Crippen molar-refractivity contribution in [3.63, 3.8) is 0 Å². The van der Waals surface area contributed by atoms with Crippen molar-refractivity contribution in [3.05, 3.63) is 70.6 Å². The summed E-state index contributed by atoms with van der Waals surface area (Å²) < 4.78 is 5.14. The fourth-order valence-corrected chi connectivity index (χ4v) is 3.92. The van der Waals surface area contributed by atoms with Gasteiger partial charge in [-0.05, 0) is 38.1 Å². The maximum atomic E-state index is 13.3. The van der Waals surface area contributed by atoms with E-state index in [2.05, 4.69) is 16.0 Å². The smallest absolute Gasteiger partial charge is 0.350 e. The average Bonchev–Trinajstić information content (AvgIpc) is 3.08. The molecule has 0 radical (unpaired) electrons. The molecule has 0 bridgehead atoms. The minimum Gasteiger partial charge on any atom is -0.462 e. The van der Waals surface area contributed by atoms with Crippen molar-refractivity contribution < 1.29 is 19.1 Å². The number of esters is 1. The third-order valence-corrected chi connectivity index (χ3v) is 5.32. The Labute approximate surface area is 184 Å². The first-order chi connectivity index (χ1) is 14.9. The molecule has 2 aromatic carbocycles. The van der Waals surface area contributed by atoms with Crippen molar-refractivity contribution in [1.29, 1.82) is 0 Å². The first-order valence-corrected chi connectivity index (χ1v) is 10.5. The van der Waals surface area contributed by atoms with Crippen LogP contribution in [0, 0.1) is 6.92 Å². The van der Waals surface area contributed by atoms with E-state index in [9.17, 15) is 14.4 Å². The van der Waals surface area contributed by atoms with Crippen molar-refractivity contribution in [2.45, 2.75) is 20.8 Å². The quantitative estimate of drug-likeness (QED) is 0.442. The molecule has 0 spiro atoms. The number of amides is 2. The van der Waals surface area contributed by atoms with Gasteiger partial charge in [0.25, 0.3) is 5.91 Å². The molecule has 1 aromatic heterocycles. The lowest BCUT2D eigenvalue weighted by molar-refractivity contribution is -0.114. The van der Waals surface area contributed by atoms with E-state index in [-0.39, 0.29) is 22.7 Å². The topological polar surface area (TPSA) is 96.5 Å². The Bertz CT molecular complexity index is 1090. The van der Waals surface area contributed by atoms with E-state index >= 15 is 0 Å². The van der Waals surface area contributed by atoms with Crippen molar-refractivity contribution >= 4 is 51.2 Å². The number of carbonyl (C=O) groups excluding carboxylic acids is 3. The largest absolute Gasteiger partial charge is 0.462 e. The molecule has 3 rings (SSSR count). The molecule has 160 valence electrons. The molecule has 1 heterocycles. The fourth-order valence-electron chi connectivity index (χ4n) is 2.85. The Balaban J connectivity index is 2.08. The molecule has 0 aliphatic heterocycles. The van der Waals surface area contributed by atoms with E-state index in [0.717, 1.165) is 22.6 Å². The molecule has 0 fully saturated rings. The Morgan fingerprint density at radius 3 is 2.23 bits per heavy atom. The van der Waals surface area contributed by atoms with Crippen molar-refractivity contribution in [1.82, 2.24) is 0 Å². The zero-order valence-electron chi connectivity index (χ0n) is 17.4. The molecular weight excluding hydrogens is 414 g/mol. The normalized spacial score (nSPS) is 10.3. The summed E-state index contributed by atoms with van der Waals surface area (Å²) in [6.45, 7) is 5.13. The number of anilines is 4. The number of hydrogen-bond donors (Lipinski definition) is 3. The van der Waals surface area contributed by atoms with Crippen molar-refractivity contribution in [2.75, 3.05) is 22.6 Å². The zero-order valence-corrected chi connectivity index (χ0v) is 18.3. The number of nitrogens with one attached hydrogen (secondary N) is 3. The maximum Gasteiger partial charge on any atom is 0.350 e. The van der Waals surface area contributed by atoms with Gasteiger partial charge in [-0.3, -0.25) is 9.59 Å². The number of para-hydroxylation sites is 1. The second kappa shape index (κ2) is 9.90. The predicted molar refractivity (Wildman–Crippen MR) is 123 cm³/mol. The van der Waals surface area contributed by atoms with Gasteiger partial charge in [0.15, 0.2) is 0 Å². The molecule has 0 saturated carbocycles. The summed E-state index contributed by atoms with van der Waals surface area (Å²) in [5, 5.41) is 9.06. The number of carbonyl (C=O) groups is 3. The Morgan fingerprint density at radius 1 is 0.935 bits per heavy atom. The van der Waals surface area contributed by atoms with Crippen LogP contribution in [0.2, 0.25) is 0 Å². The number of aryl methyl sites for hydroxylation is 1. The van der Waals surface area contributed by atoms with Crippen LogP contribution in [0.25, 0.3) is 0 Å². The van der Waals surface area contributed by atoms with E-state index < -0.39 is 17.8 Å². The first kappa shape index (κ1) is 22.0. The molecule has 0 aliphatic carbocycles. The summed E-state index contributed by atoms with van der Waals surface area (Å²) in [5.41, 5.74) is 2.67. The van der Waals surface area contributed by atoms with Crippen molar-refractivity contribution in [2.24, 2.45) is 0 Å². The second-order valence-corrected chi connectivity index (χ2v) is 7.74. The average molecular weight is 438 g/mol. The number of ether oxygens (including phenoxy) is 1. The van der Waals surface area contributed by atoms with Gasteiger partial charge in [0.2, 0.25) is 5.91 Å². The zero-order chi connectivity index (χ0) is 22.4. The number of benzene rings is 2. The van der Waals surface area contributed by atoms with Crippen LogP contribution in [0.1, 0.15) is 39.4 Å². The van der Waals surface area contributed by atoms with E-state index in [1.807, 2.05) is 49.4 Å². The summed E-state index contributed by atoms with van der Waals surface area (Å²) in [7, 11) is 0. The standard InChI is InChI=1S/C23H23N3O4S/c1-4-30-23(29)20-19(24-15(3)27)18(21(28)25-17-12-10-14(2)11-13-17)22(31-20)26-16-8-6-5-7-9-16/h5-13,26H,4H2,1-3H3,(H,24,27)(H,25,28). The fraction of sp³-hybridized carbons (Fsp3) is 0.174. The maximum absolute atomic E-state index is 13.3. The van der Waals surface area contributed by atoms with Crippen LogP contribution in [0.5, 0.6) is 0 Å². The van der Waals surface area contributed by atoms with Gasteiger partial charge in [-0.15, -0.1) is 11.3 Å². The van der Waals surface area contributed by atoms with Gasteiger partial charge < -0.3 is 20.7 Å². The highest BCUT2D eigenvalue weighted by Crippen LogP contribution is 2.40. The molecule has 3 N–H and O–H groups in total. The van der Waals surface area contributed by atoms with E-state index in [1.54, 1.807) is 19.1 Å². The van der Waals surface area contributed by atoms with E-state index in [4.69, 9.17) is 4.74 Å². The third-order valence-electron chi connectivity index (χ3n) is 4.24. The first-order valence-electron chi connectivity index (χ1n) is 9.70. The Kier molecular flexibility index (Phi) is 7.04. The van der Waals surface area contributed by atoms with Gasteiger partial charge in [-0.2, -0.15) is 0 Å². The minimum absolute atomic E-state index is 0.124. The lowest BCUT2D eigenvalue weighted by Gasteiger charge is -2.11. The summed E-state index contributed by atoms with van der Waals surface area (Å²) in [6.07, 6.45) is 0.